The minimum atomic E-state index is 0.663. The number of nitrogens with zero attached hydrogens (tertiary/aromatic N) is 4. The molecule has 0 bridgehead atoms. The fraction of sp³-hybridized carbons (Fsp3) is 0.250. The summed E-state index contributed by atoms with van der Waals surface area (Å²) in [5.74, 6) is 2.46. The Hall–Kier alpha value is -1.95. The first-order valence-electron chi connectivity index (χ1n) is 5.79. The van der Waals surface area contributed by atoms with E-state index in [1.54, 1.807) is 17.5 Å². The van der Waals surface area contributed by atoms with E-state index in [-0.39, 0.29) is 0 Å². The topological polar surface area (TPSA) is 55.6 Å². The standard InChI is InChI=1S/C12H13N5S/c1-3-13-12-15-10(17-6-5-14-8(17)2)9-4-7-18-11(9)16-12/h4-7H,3H2,1-2H3,(H,13,15,16). The molecule has 1 N–H and O–H groups in total. The second-order valence-corrected chi connectivity index (χ2v) is 4.78. The van der Waals surface area contributed by atoms with Crippen LogP contribution in [-0.2, 0) is 0 Å². The highest BCUT2D eigenvalue weighted by Gasteiger charge is 2.11. The molecule has 0 radical (unpaired) electrons. The Morgan fingerprint density at radius 2 is 2.28 bits per heavy atom. The minimum Gasteiger partial charge on any atom is -0.354 e. The van der Waals surface area contributed by atoms with E-state index in [1.807, 2.05) is 36.1 Å². The van der Waals surface area contributed by atoms with Crippen molar-refractivity contribution >= 4 is 27.5 Å². The van der Waals surface area contributed by atoms with Crippen molar-refractivity contribution in [1.82, 2.24) is 19.5 Å². The Morgan fingerprint density at radius 3 is 3.00 bits per heavy atom. The number of anilines is 1. The molecule has 0 unspecified atom stereocenters. The maximum absolute atomic E-state index is 4.57. The lowest BCUT2D eigenvalue weighted by Crippen LogP contribution is -2.06. The van der Waals surface area contributed by atoms with E-state index in [2.05, 4.69) is 20.3 Å². The second-order valence-electron chi connectivity index (χ2n) is 3.89. The van der Waals surface area contributed by atoms with Gasteiger partial charge in [-0.1, -0.05) is 0 Å². The fourth-order valence-electron chi connectivity index (χ4n) is 1.86. The Bertz CT molecular complexity index is 685. The average molecular weight is 259 g/mol. The molecule has 0 amide bonds. The molecule has 0 aliphatic carbocycles. The highest BCUT2D eigenvalue weighted by Crippen LogP contribution is 2.26. The summed E-state index contributed by atoms with van der Waals surface area (Å²) in [6.07, 6.45) is 3.70. The van der Waals surface area contributed by atoms with Crippen LogP contribution in [0.15, 0.2) is 23.8 Å². The summed E-state index contributed by atoms with van der Waals surface area (Å²) in [6.45, 7) is 4.80. The lowest BCUT2D eigenvalue weighted by molar-refractivity contribution is 0.934. The van der Waals surface area contributed by atoms with Gasteiger partial charge in [-0.3, -0.25) is 4.57 Å². The van der Waals surface area contributed by atoms with Crippen LogP contribution in [0.4, 0.5) is 5.95 Å². The van der Waals surface area contributed by atoms with Gasteiger partial charge in [0.15, 0.2) is 5.82 Å². The smallest absolute Gasteiger partial charge is 0.226 e. The normalized spacial score (nSPS) is 11.0. The first-order valence-corrected chi connectivity index (χ1v) is 6.67. The third-order valence-electron chi connectivity index (χ3n) is 2.69. The third kappa shape index (κ3) is 1.74. The van der Waals surface area contributed by atoms with Crippen LogP contribution in [0.3, 0.4) is 0 Å². The van der Waals surface area contributed by atoms with Crippen LogP contribution in [-0.4, -0.2) is 26.1 Å². The van der Waals surface area contributed by atoms with E-state index in [4.69, 9.17) is 0 Å². The number of thiophene rings is 1. The number of hydrogen-bond acceptors (Lipinski definition) is 5. The van der Waals surface area contributed by atoms with E-state index in [9.17, 15) is 0 Å². The lowest BCUT2D eigenvalue weighted by atomic mass is 10.3. The third-order valence-corrected chi connectivity index (χ3v) is 3.50. The fourth-order valence-corrected chi connectivity index (χ4v) is 2.62. The predicted octanol–water partition coefficient (Wildman–Crippen LogP) is 2.62. The molecule has 0 aliphatic rings. The van der Waals surface area contributed by atoms with Crippen molar-refractivity contribution in [2.24, 2.45) is 0 Å². The molecule has 0 spiro atoms. The monoisotopic (exact) mass is 259 g/mol. The summed E-state index contributed by atoms with van der Waals surface area (Å²) < 4.78 is 1.98. The van der Waals surface area contributed by atoms with Gasteiger partial charge in [0.1, 0.15) is 10.7 Å². The van der Waals surface area contributed by atoms with Gasteiger partial charge in [-0.25, -0.2) is 9.97 Å². The molecule has 0 fully saturated rings. The molecule has 0 saturated heterocycles. The molecule has 3 heterocycles. The van der Waals surface area contributed by atoms with Crippen molar-refractivity contribution in [1.29, 1.82) is 0 Å². The highest BCUT2D eigenvalue weighted by molar-refractivity contribution is 7.16. The maximum atomic E-state index is 4.57. The van der Waals surface area contributed by atoms with Crippen molar-refractivity contribution in [2.45, 2.75) is 13.8 Å². The van der Waals surface area contributed by atoms with Crippen LogP contribution in [0.5, 0.6) is 0 Å². The van der Waals surface area contributed by atoms with Crippen LogP contribution >= 0.6 is 11.3 Å². The lowest BCUT2D eigenvalue weighted by Gasteiger charge is -2.08. The molecule has 3 aromatic heterocycles. The molecule has 92 valence electrons. The molecule has 0 atom stereocenters. The van der Waals surface area contributed by atoms with Gasteiger partial charge in [0.05, 0.1) is 5.39 Å². The number of nitrogens with one attached hydrogen (secondary N) is 1. The van der Waals surface area contributed by atoms with E-state index in [1.165, 1.54) is 0 Å². The van der Waals surface area contributed by atoms with Crippen LogP contribution in [0.25, 0.3) is 16.0 Å². The Labute approximate surface area is 109 Å². The van der Waals surface area contributed by atoms with Crippen LogP contribution < -0.4 is 5.32 Å². The van der Waals surface area contributed by atoms with E-state index in [0.29, 0.717) is 5.95 Å². The van der Waals surface area contributed by atoms with Gasteiger partial charge in [-0.15, -0.1) is 11.3 Å². The van der Waals surface area contributed by atoms with Crippen LogP contribution in [0.1, 0.15) is 12.7 Å². The molecule has 3 rings (SSSR count). The molecule has 5 nitrogen and oxygen atoms in total. The van der Waals surface area contributed by atoms with Gasteiger partial charge in [0.2, 0.25) is 5.95 Å². The molecule has 6 heteroatoms. The van der Waals surface area contributed by atoms with Gasteiger partial charge in [0.25, 0.3) is 0 Å². The van der Waals surface area contributed by atoms with Gasteiger partial charge in [0, 0.05) is 18.9 Å². The number of aryl methyl sites for hydroxylation is 1. The number of rotatable bonds is 3. The summed E-state index contributed by atoms with van der Waals surface area (Å²) in [5, 5.41) is 6.25. The zero-order chi connectivity index (χ0) is 12.5. The van der Waals surface area contributed by atoms with Crippen molar-refractivity contribution in [3.05, 3.63) is 29.7 Å². The highest BCUT2D eigenvalue weighted by atomic mass is 32.1. The van der Waals surface area contributed by atoms with Crippen LogP contribution in [0.2, 0.25) is 0 Å². The van der Waals surface area contributed by atoms with Crippen molar-refractivity contribution in [3.8, 4) is 5.82 Å². The predicted molar refractivity (Wildman–Crippen MR) is 73.4 cm³/mol. The number of hydrogen-bond donors (Lipinski definition) is 1. The quantitative estimate of drug-likeness (QED) is 0.785. The van der Waals surface area contributed by atoms with Crippen LogP contribution in [0, 0.1) is 6.92 Å². The molecule has 3 aromatic rings. The van der Waals surface area contributed by atoms with Crippen molar-refractivity contribution in [3.63, 3.8) is 0 Å². The Balaban J connectivity index is 2.26. The first-order chi connectivity index (χ1) is 8.79. The Morgan fingerprint density at radius 1 is 1.39 bits per heavy atom. The molecule has 0 aromatic carbocycles. The van der Waals surface area contributed by atoms with E-state index < -0.39 is 0 Å². The largest absolute Gasteiger partial charge is 0.354 e. The van der Waals surface area contributed by atoms with Gasteiger partial charge < -0.3 is 5.32 Å². The van der Waals surface area contributed by atoms with E-state index in [0.717, 1.165) is 28.4 Å². The summed E-state index contributed by atoms with van der Waals surface area (Å²) in [7, 11) is 0. The zero-order valence-electron chi connectivity index (χ0n) is 10.2. The summed E-state index contributed by atoms with van der Waals surface area (Å²) >= 11 is 1.62. The molecular formula is C12H13N5S. The number of fused-ring (bicyclic) bond motifs is 1. The van der Waals surface area contributed by atoms with Gasteiger partial charge in [-0.2, -0.15) is 4.98 Å². The molecule has 0 saturated carbocycles. The van der Waals surface area contributed by atoms with Gasteiger partial charge in [-0.05, 0) is 25.3 Å². The Kier molecular flexibility index (Phi) is 2.71. The van der Waals surface area contributed by atoms with Crippen molar-refractivity contribution in [2.75, 3.05) is 11.9 Å². The maximum Gasteiger partial charge on any atom is 0.226 e. The minimum absolute atomic E-state index is 0.663. The van der Waals surface area contributed by atoms with Crippen molar-refractivity contribution < 1.29 is 0 Å². The first kappa shape index (κ1) is 11.2. The summed E-state index contributed by atoms with van der Waals surface area (Å²) in [6, 6.07) is 2.05. The summed E-state index contributed by atoms with van der Waals surface area (Å²) in [4.78, 5) is 14.3. The average Bonchev–Trinajstić information content (AvgIpc) is 2.97. The summed E-state index contributed by atoms with van der Waals surface area (Å²) in [5.41, 5.74) is 0. The zero-order valence-corrected chi connectivity index (χ0v) is 11.0. The van der Waals surface area contributed by atoms with Gasteiger partial charge >= 0.3 is 0 Å². The number of imidazole rings is 1. The molecule has 0 aliphatic heterocycles. The number of aromatic nitrogens is 4. The second kappa shape index (κ2) is 4.38. The molecular weight excluding hydrogens is 246 g/mol. The SMILES string of the molecule is CCNc1nc(-n2ccnc2C)c2ccsc2n1. The van der Waals surface area contributed by atoms with E-state index >= 15 is 0 Å². The molecule has 18 heavy (non-hydrogen) atoms.